The Morgan fingerprint density at radius 2 is 1.86 bits per heavy atom. The molecule has 1 aliphatic heterocycles. The summed E-state index contributed by atoms with van der Waals surface area (Å²) < 4.78 is 7.26. The molecule has 1 atom stereocenters. The summed E-state index contributed by atoms with van der Waals surface area (Å²) in [5.41, 5.74) is 2.83. The molecule has 0 saturated heterocycles. The molecular formula is C23H23N3O2. The molecule has 0 amide bonds. The molecule has 2 heterocycles. The van der Waals surface area contributed by atoms with Crippen molar-refractivity contribution in [2.24, 2.45) is 0 Å². The molecule has 5 nitrogen and oxygen atoms in total. The van der Waals surface area contributed by atoms with E-state index in [0.717, 1.165) is 12.0 Å². The van der Waals surface area contributed by atoms with Crippen LogP contribution in [0, 0.1) is 0 Å². The fourth-order valence-electron chi connectivity index (χ4n) is 3.43. The zero-order valence-corrected chi connectivity index (χ0v) is 15.6. The van der Waals surface area contributed by atoms with Crippen LogP contribution in [0.3, 0.4) is 0 Å². The van der Waals surface area contributed by atoms with Crippen molar-refractivity contribution in [2.75, 3.05) is 13.2 Å². The Labute approximate surface area is 164 Å². The Kier molecular flexibility index (Phi) is 5.64. The van der Waals surface area contributed by atoms with E-state index >= 15 is 0 Å². The first-order valence-corrected chi connectivity index (χ1v) is 9.53. The van der Waals surface area contributed by atoms with E-state index < -0.39 is 0 Å². The molecule has 1 aliphatic rings. The highest BCUT2D eigenvalue weighted by molar-refractivity contribution is 5.48. The van der Waals surface area contributed by atoms with Crippen LogP contribution in [0.5, 0.6) is 5.75 Å². The number of allylic oxidation sites excluding steroid dienone is 1. The van der Waals surface area contributed by atoms with Crippen LogP contribution >= 0.6 is 0 Å². The molecule has 0 fully saturated rings. The van der Waals surface area contributed by atoms with Crippen LogP contribution in [0.1, 0.15) is 22.7 Å². The van der Waals surface area contributed by atoms with E-state index in [1.54, 1.807) is 6.20 Å². The van der Waals surface area contributed by atoms with Crippen LogP contribution in [-0.4, -0.2) is 22.9 Å². The van der Waals surface area contributed by atoms with E-state index in [2.05, 4.69) is 22.5 Å². The average Bonchev–Trinajstić information content (AvgIpc) is 2.94. The number of aromatic nitrogens is 2. The summed E-state index contributed by atoms with van der Waals surface area (Å²) in [4.78, 5) is 13.2. The zero-order valence-electron chi connectivity index (χ0n) is 15.6. The van der Waals surface area contributed by atoms with Gasteiger partial charge in [-0.25, -0.2) is 4.68 Å². The first-order chi connectivity index (χ1) is 13.8. The summed E-state index contributed by atoms with van der Waals surface area (Å²) in [5, 5.41) is 7.76. The normalized spacial score (nSPS) is 16.4. The molecule has 3 aromatic rings. The van der Waals surface area contributed by atoms with Crippen LogP contribution in [-0.2, 0) is 13.0 Å². The summed E-state index contributed by atoms with van der Waals surface area (Å²) in [6.45, 7) is 1.63. The third-order valence-electron chi connectivity index (χ3n) is 4.81. The number of fused-ring (bicyclic) bond motifs is 1. The van der Waals surface area contributed by atoms with Gasteiger partial charge in [0.15, 0.2) is 0 Å². The fourth-order valence-corrected chi connectivity index (χ4v) is 3.43. The van der Waals surface area contributed by atoms with Crippen LogP contribution in [0.15, 0.2) is 77.7 Å². The summed E-state index contributed by atoms with van der Waals surface area (Å²) in [6.07, 6.45) is 6.34. The van der Waals surface area contributed by atoms with Gasteiger partial charge in [-0.15, -0.1) is 0 Å². The monoisotopic (exact) mass is 373 g/mol. The molecule has 28 heavy (non-hydrogen) atoms. The van der Waals surface area contributed by atoms with Crippen LogP contribution in [0.25, 0.3) is 6.08 Å². The minimum Gasteiger partial charge on any atom is -0.490 e. The molecule has 1 N–H and O–H groups in total. The summed E-state index contributed by atoms with van der Waals surface area (Å²) in [5.74, 6) is 0.583. The highest BCUT2D eigenvalue weighted by Crippen LogP contribution is 2.25. The second-order valence-electron chi connectivity index (χ2n) is 6.77. The molecule has 0 radical (unpaired) electrons. The lowest BCUT2D eigenvalue weighted by Crippen LogP contribution is -2.32. The van der Waals surface area contributed by atoms with E-state index in [9.17, 15) is 4.79 Å². The molecule has 1 aromatic heterocycles. The lowest BCUT2D eigenvalue weighted by atomic mass is 10.00. The van der Waals surface area contributed by atoms with Crippen molar-refractivity contribution < 1.29 is 4.74 Å². The molecular weight excluding hydrogens is 350 g/mol. The Morgan fingerprint density at radius 1 is 1.11 bits per heavy atom. The van der Waals surface area contributed by atoms with Gasteiger partial charge in [-0.2, -0.15) is 5.10 Å². The van der Waals surface area contributed by atoms with Gasteiger partial charge in [-0.1, -0.05) is 72.8 Å². The summed E-state index contributed by atoms with van der Waals surface area (Å²) in [6, 6.07) is 20.1. The number of nitrogens with one attached hydrogen (secondary N) is 1. The van der Waals surface area contributed by atoms with E-state index in [1.165, 1.54) is 10.2 Å². The Balaban J connectivity index is 1.61. The fraction of sp³-hybridized carbons (Fsp3) is 0.217. The maximum atomic E-state index is 13.2. The quantitative estimate of drug-likeness (QED) is 0.746. The standard InChI is InChI=1S/C23H23N3O2/c27-23-22-20(16-19-10-5-2-6-11-19)24-13-15-28-21(22)17-25-26(23)14-7-12-18-8-3-1-4-9-18/h1-12,17,20,24H,13-16H2/b12-7+. The second kappa shape index (κ2) is 8.67. The number of hydrogen-bond acceptors (Lipinski definition) is 4. The van der Waals surface area contributed by atoms with Gasteiger partial charge in [-0.3, -0.25) is 4.79 Å². The summed E-state index contributed by atoms with van der Waals surface area (Å²) in [7, 11) is 0. The topological polar surface area (TPSA) is 56.2 Å². The SMILES string of the molecule is O=c1c2c(cnn1C/C=C/c1ccccc1)OCCNC2Cc1ccccc1. The van der Waals surface area contributed by atoms with E-state index in [-0.39, 0.29) is 11.6 Å². The van der Waals surface area contributed by atoms with Gasteiger partial charge in [0.2, 0.25) is 0 Å². The smallest absolute Gasteiger partial charge is 0.275 e. The lowest BCUT2D eigenvalue weighted by molar-refractivity contribution is 0.321. The number of hydrogen-bond donors (Lipinski definition) is 1. The van der Waals surface area contributed by atoms with Crippen molar-refractivity contribution in [3.63, 3.8) is 0 Å². The van der Waals surface area contributed by atoms with Gasteiger partial charge < -0.3 is 10.1 Å². The van der Waals surface area contributed by atoms with Gasteiger partial charge in [-0.05, 0) is 17.5 Å². The highest BCUT2D eigenvalue weighted by Gasteiger charge is 2.24. The van der Waals surface area contributed by atoms with Crippen LogP contribution in [0.2, 0.25) is 0 Å². The maximum absolute atomic E-state index is 13.2. The van der Waals surface area contributed by atoms with Crippen molar-refractivity contribution in [2.45, 2.75) is 19.0 Å². The molecule has 0 bridgehead atoms. The maximum Gasteiger partial charge on any atom is 0.275 e. The molecule has 0 saturated carbocycles. The van der Waals surface area contributed by atoms with Crippen molar-refractivity contribution in [1.82, 2.24) is 15.1 Å². The van der Waals surface area contributed by atoms with Crippen LogP contribution in [0.4, 0.5) is 0 Å². The molecule has 0 aliphatic carbocycles. The Morgan fingerprint density at radius 3 is 2.64 bits per heavy atom. The van der Waals surface area contributed by atoms with Crippen molar-refractivity contribution in [3.05, 3.63) is 100.0 Å². The third-order valence-corrected chi connectivity index (χ3v) is 4.81. The van der Waals surface area contributed by atoms with Crippen molar-refractivity contribution in [3.8, 4) is 5.75 Å². The molecule has 5 heteroatoms. The minimum absolute atomic E-state index is 0.0975. The van der Waals surface area contributed by atoms with Crippen molar-refractivity contribution >= 4 is 6.08 Å². The predicted octanol–water partition coefficient (Wildman–Crippen LogP) is 3.22. The molecule has 0 spiro atoms. The first-order valence-electron chi connectivity index (χ1n) is 9.53. The highest BCUT2D eigenvalue weighted by atomic mass is 16.5. The largest absolute Gasteiger partial charge is 0.490 e. The van der Waals surface area contributed by atoms with Crippen LogP contribution < -0.4 is 15.6 Å². The van der Waals surface area contributed by atoms with Gasteiger partial charge in [0, 0.05) is 12.6 Å². The van der Waals surface area contributed by atoms with Gasteiger partial charge in [0.25, 0.3) is 5.56 Å². The van der Waals surface area contributed by atoms with E-state index in [0.29, 0.717) is 31.0 Å². The molecule has 1 unspecified atom stereocenters. The Hall–Kier alpha value is -3.18. The average molecular weight is 373 g/mol. The number of benzene rings is 2. The van der Waals surface area contributed by atoms with Crippen molar-refractivity contribution in [1.29, 1.82) is 0 Å². The molecule has 142 valence electrons. The zero-order chi connectivity index (χ0) is 19.2. The van der Waals surface area contributed by atoms with Gasteiger partial charge in [0.05, 0.1) is 18.3 Å². The third kappa shape index (κ3) is 4.21. The number of nitrogens with zero attached hydrogens (tertiary/aromatic N) is 2. The first kappa shape index (κ1) is 18.2. The number of rotatable bonds is 5. The summed E-state index contributed by atoms with van der Waals surface area (Å²) >= 11 is 0. The second-order valence-corrected chi connectivity index (χ2v) is 6.77. The van der Waals surface area contributed by atoms with Gasteiger partial charge >= 0.3 is 0 Å². The van der Waals surface area contributed by atoms with Gasteiger partial charge in [0.1, 0.15) is 12.4 Å². The molecule has 2 aromatic carbocycles. The molecule has 4 rings (SSSR count). The Bertz CT molecular complexity index is 997. The van der Waals surface area contributed by atoms with E-state index in [1.807, 2.05) is 60.7 Å². The number of ether oxygens (including phenoxy) is 1. The predicted molar refractivity (Wildman–Crippen MR) is 110 cm³/mol. The minimum atomic E-state index is -0.106. The van der Waals surface area contributed by atoms with E-state index in [4.69, 9.17) is 4.74 Å². The lowest BCUT2D eigenvalue weighted by Gasteiger charge is -2.17.